The quantitative estimate of drug-likeness (QED) is 0.819. The van der Waals surface area contributed by atoms with Crippen molar-refractivity contribution in [2.45, 2.75) is 33.7 Å². The third-order valence-electron chi connectivity index (χ3n) is 2.58. The zero-order valence-electron chi connectivity index (χ0n) is 10.8. The Morgan fingerprint density at radius 2 is 2.00 bits per heavy atom. The molecule has 0 aliphatic carbocycles. The van der Waals surface area contributed by atoms with Crippen LogP contribution in [0.4, 0.5) is 0 Å². The standard InChI is InChI=1S/C12H16N2O3S/c1-6-5-18-11(13-6)9(4)14-10(15)7(2)8(3)12(16)17/h5,9H,1-4H3,(H,14,15)(H,16,17). The van der Waals surface area contributed by atoms with Gasteiger partial charge in [0, 0.05) is 22.2 Å². The number of carbonyl (C=O) groups excluding carboxylic acids is 1. The number of thiazole rings is 1. The van der Waals surface area contributed by atoms with Gasteiger partial charge in [0.2, 0.25) is 5.91 Å². The van der Waals surface area contributed by atoms with Gasteiger partial charge in [0.25, 0.3) is 0 Å². The smallest absolute Gasteiger partial charge is 0.331 e. The molecule has 2 N–H and O–H groups in total. The maximum Gasteiger partial charge on any atom is 0.331 e. The number of rotatable bonds is 4. The first kappa shape index (κ1) is 14.4. The van der Waals surface area contributed by atoms with Crippen LogP contribution in [0.25, 0.3) is 0 Å². The second-order valence-electron chi connectivity index (χ2n) is 4.08. The first-order valence-electron chi connectivity index (χ1n) is 5.46. The van der Waals surface area contributed by atoms with Crippen molar-refractivity contribution in [3.63, 3.8) is 0 Å². The van der Waals surface area contributed by atoms with E-state index in [2.05, 4.69) is 10.3 Å². The highest BCUT2D eigenvalue weighted by atomic mass is 32.1. The van der Waals surface area contributed by atoms with E-state index in [0.717, 1.165) is 10.7 Å². The van der Waals surface area contributed by atoms with Crippen LogP contribution in [-0.2, 0) is 9.59 Å². The van der Waals surface area contributed by atoms with Crippen molar-refractivity contribution in [2.75, 3.05) is 0 Å². The van der Waals surface area contributed by atoms with Crippen molar-refractivity contribution in [3.8, 4) is 0 Å². The van der Waals surface area contributed by atoms with Crippen molar-refractivity contribution >= 4 is 23.2 Å². The minimum Gasteiger partial charge on any atom is -0.478 e. The predicted octanol–water partition coefficient (Wildman–Crippen LogP) is 2.05. The molecule has 0 aliphatic heterocycles. The molecule has 0 radical (unpaired) electrons. The van der Waals surface area contributed by atoms with E-state index in [1.165, 1.54) is 25.2 Å². The van der Waals surface area contributed by atoms with E-state index in [1.54, 1.807) is 0 Å². The summed E-state index contributed by atoms with van der Waals surface area (Å²) in [5.74, 6) is -1.46. The Balaban J connectivity index is 2.77. The van der Waals surface area contributed by atoms with E-state index in [9.17, 15) is 9.59 Å². The predicted molar refractivity (Wildman–Crippen MR) is 69.4 cm³/mol. The molecule has 5 nitrogen and oxygen atoms in total. The van der Waals surface area contributed by atoms with Crippen molar-refractivity contribution in [1.82, 2.24) is 10.3 Å². The Kier molecular flexibility index (Phi) is 4.61. The lowest BCUT2D eigenvalue weighted by Gasteiger charge is -2.12. The van der Waals surface area contributed by atoms with E-state index in [0.29, 0.717) is 0 Å². The monoisotopic (exact) mass is 268 g/mol. The number of aliphatic carboxylic acids is 1. The van der Waals surface area contributed by atoms with Crippen LogP contribution in [0.3, 0.4) is 0 Å². The molecule has 0 fully saturated rings. The van der Waals surface area contributed by atoms with Crippen molar-refractivity contribution < 1.29 is 14.7 Å². The Hall–Kier alpha value is -1.69. The highest BCUT2D eigenvalue weighted by Gasteiger charge is 2.17. The number of nitrogens with zero attached hydrogens (tertiary/aromatic N) is 1. The average Bonchev–Trinajstić information content (AvgIpc) is 2.73. The fraction of sp³-hybridized carbons (Fsp3) is 0.417. The number of hydrogen-bond donors (Lipinski definition) is 2. The molecule has 1 aromatic heterocycles. The molecule has 1 amide bonds. The van der Waals surface area contributed by atoms with Crippen LogP contribution >= 0.6 is 11.3 Å². The number of carbonyl (C=O) groups is 2. The normalized spacial score (nSPS) is 13.8. The van der Waals surface area contributed by atoms with Gasteiger partial charge in [-0.3, -0.25) is 4.79 Å². The van der Waals surface area contributed by atoms with Crippen LogP contribution in [-0.4, -0.2) is 22.0 Å². The number of amides is 1. The Labute approximate surface area is 110 Å². The summed E-state index contributed by atoms with van der Waals surface area (Å²) in [4.78, 5) is 26.9. The minimum absolute atomic E-state index is 0.0509. The van der Waals surface area contributed by atoms with Crippen LogP contribution in [0, 0.1) is 6.92 Å². The zero-order valence-corrected chi connectivity index (χ0v) is 11.6. The van der Waals surface area contributed by atoms with E-state index in [4.69, 9.17) is 5.11 Å². The molecular weight excluding hydrogens is 252 g/mol. The number of aryl methyl sites for hydroxylation is 1. The molecule has 0 saturated heterocycles. The summed E-state index contributed by atoms with van der Waals surface area (Å²) >= 11 is 1.47. The molecule has 1 aromatic rings. The number of carboxylic acid groups (broad SMARTS) is 1. The van der Waals surface area contributed by atoms with Crippen LogP contribution in [0.15, 0.2) is 16.5 Å². The highest BCUT2D eigenvalue weighted by molar-refractivity contribution is 7.09. The van der Waals surface area contributed by atoms with Gasteiger partial charge in [-0.1, -0.05) is 0 Å². The number of hydrogen-bond acceptors (Lipinski definition) is 4. The fourth-order valence-electron chi connectivity index (χ4n) is 1.27. The number of carboxylic acids is 1. The van der Waals surface area contributed by atoms with Gasteiger partial charge in [0.1, 0.15) is 5.01 Å². The molecule has 98 valence electrons. The van der Waals surface area contributed by atoms with E-state index < -0.39 is 5.97 Å². The molecule has 0 saturated carbocycles. The van der Waals surface area contributed by atoms with E-state index in [1.807, 2.05) is 19.2 Å². The molecule has 0 spiro atoms. The lowest BCUT2D eigenvalue weighted by atomic mass is 10.1. The maximum absolute atomic E-state index is 11.8. The van der Waals surface area contributed by atoms with Gasteiger partial charge in [0.05, 0.1) is 6.04 Å². The molecule has 1 unspecified atom stereocenters. The summed E-state index contributed by atoms with van der Waals surface area (Å²) in [6, 6.07) is -0.229. The summed E-state index contributed by atoms with van der Waals surface area (Å²) in [6.07, 6.45) is 0. The van der Waals surface area contributed by atoms with Gasteiger partial charge in [-0.05, 0) is 27.7 Å². The van der Waals surface area contributed by atoms with Gasteiger partial charge >= 0.3 is 5.97 Å². The average molecular weight is 268 g/mol. The third-order valence-corrected chi connectivity index (χ3v) is 3.72. The first-order chi connectivity index (χ1) is 8.32. The van der Waals surface area contributed by atoms with Crippen molar-refractivity contribution in [1.29, 1.82) is 0 Å². The molecule has 0 aliphatic rings. The van der Waals surface area contributed by atoms with Crippen LogP contribution in [0.1, 0.15) is 37.5 Å². The second kappa shape index (κ2) is 5.77. The lowest BCUT2D eigenvalue weighted by molar-refractivity contribution is -0.133. The largest absolute Gasteiger partial charge is 0.478 e. The molecule has 18 heavy (non-hydrogen) atoms. The van der Waals surface area contributed by atoms with Crippen LogP contribution in [0.5, 0.6) is 0 Å². The SMILES string of the molecule is CC(C(=O)O)=C(C)C(=O)NC(C)c1nc(C)cs1. The molecule has 1 heterocycles. The molecule has 0 bridgehead atoms. The molecule has 1 rings (SSSR count). The zero-order chi connectivity index (χ0) is 13.9. The van der Waals surface area contributed by atoms with Crippen molar-refractivity contribution in [3.05, 3.63) is 27.2 Å². The summed E-state index contributed by atoms with van der Waals surface area (Å²) in [6.45, 7) is 6.61. The lowest BCUT2D eigenvalue weighted by Crippen LogP contribution is -2.28. The molecule has 1 atom stereocenters. The van der Waals surface area contributed by atoms with Crippen molar-refractivity contribution in [2.24, 2.45) is 0 Å². The molecular formula is C12H16N2O3S. The van der Waals surface area contributed by atoms with Gasteiger partial charge in [-0.25, -0.2) is 9.78 Å². The Morgan fingerprint density at radius 1 is 1.39 bits per heavy atom. The molecule has 0 aromatic carbocycles. The summed E-state index contributed by atoms with van der Waals surface area (Å²) in [5.41, 5.74) is 1.17. The first-order valence-corrected chi connectivity index (χ1v) is 6.34. The minimum atomic E-state index is -1.08. The Bertz CT molecular complexity index is 505. The third kappa shape index (κ3) is 3.40. The van der Waals surface area contributed by atoms with E-state index in [-0.39, 0.29) is 23.1 Å². The summed E-state index contributed by atoms with van der Waals surface area (Å²) in [7, 11) is 0. The maximum atomic E-state index is 11.8. The number of aromatic nitrogens is 1. The van der Waals surface area contributed by atoms with Crippen LogP contribution in [0.2, 0.25) is 0 Å². The van der Waals surface area contributed by atoms with Gasteiger partial charge in [-0.15, -0.1) is 11.3 Å². The van der Waals surface area contributed by atoms with Gasteiger partial charge < -0.3 is 10.4 Å². The summed E-state index contributed by atoms with van der Waals surface area (Å²) < 4.78 is 0. The topological polar surface area (TPSA) is 79.3 Å². The van der Waals surface area contributed by atoms with Gasteiger partial charge in [-0.2, -0.15) is 0 Å². The molecule has 6 heteroatoms. The van der Waals surface area contributed by atoms with Gasteiger partial charge in [0.15, 0.2) is 0 Å². The highest BCUT2D eigenvalue weighted by Crippen LogP contribution is 2.18. The summed E-state index contributed by atoms with van der Waals surface area (Å²) in [5, 5.41) is 14.3. The van der Waals surface area contributed by atoms with Crippen LogP contribution < -0.4 is 5.32 Å². The second-order valence-corrected chi connectivity index (χ2v) is 4.97. The Morgan fingerprint density at radius 3 is 2.44 bits per heavy atom. The fourth-order valence-corrected chi connectivity index (χ4v) is 2.07. The number of nitrogens with one attached hydrogen (secondary N) is 1. The van der Waals surface area contributed by atoms with E-state index >= 15 is 0 Å².